The summed E-state index contributed by atoms with van der Waals surface area (Å²) in [6.45, 7) is 4.35. The van der Waals surface area contributed by atoms with Gasteiger partial charge in [-0.05, 0) is 36.6 Å². The number of rotatable bonds is 4. The van der Waals surface area contributed by atoms with E-state index < -0.39 is 17.3 Å². The maximum atomic E-state index is 12.5. The van der Waals surface area contributed by atoms with Crippen LogP contribution in [-0.2, 0) is 4.79 Å². The molecule has 118 valence electrons. The van der Waals surface area contributed by atoms with Crippen LogP contribution in [0.1, 0.15) is 41.0 Å². The normalized spacial score (nSPS) is 21.1. The van der Waals surface area contributed by atoms with Gasteiger partial charge in [-0.2, -0.15) is 0 Å². The molecule has 1 fully saturated rings. The SMILES string of the molecule is CC(C)C1(C(=O)O)CCN(C(=O)c2ccc(C(N)=O)cc2)C1. The maximum Gasteiger partial charge on any atom is 0.311 e. The molecule has 2 amide bonds. The van der Waals surface area contributed by atoms with Crippen molar-refractivity contribution in [3.63, 3.8) is 0 Å². The zero-order valence-electron chi connectivity index (χ0n) is 12.7. The second kappa shape index (κ2) is 5.79. The van der Waals surface area contributed by atoms with Crippen LogP contribution in [0.15, 0.2) is 24.3 Å². The van der Waals surface area contributed by atoms with Crippen LogP contribution in [-0.4, -0.2) is 40.9 Å². The summed E-state index contributed by atoms with van der Waals surface area (Å²) in [5.41, 5.74) is 5.04. The third kappa shape index (κ3) is 2.68. The Bertz CT molecular complexity index is 609. The Balaban J connectivity index is 2.18. The number of nitrogens with zero attached hydrogens (tertiary/aromatic N) is 1. The second-order valence-corrected chi connectivity index (χ2v) is 6.03. The molecule has 6 nitrogen and oxygen atoms in total. The number of carboxylic acids is 1. The van der Waals surface area contributed by atoms with Crippen molar-refractivity contribution < 1.29 is 19.5 Å². The van der Waals surface area contributed by atoms with Crippen molar-refractivity contribution >= 4 is 17.8 Å². The number of primary amides is 1. The van der Waals surface area contributed by atoms with Gasteiger partial charge in [-0.25, -0.2) is 0 Å². The van der Waals surface area contributed by atoms with Crippen LogP contribution in [0.25, 0.3) is 0 Å². The van der Waals surface area contributed by atoms with Gasteiger partial charge in [0.15, 0.2) is 0 Å². The van der Waals surface area contributed by atoms with Gasteiger partial charge in [0.05, 0.1) is 5.41 Å². The smallest absolute Gasteiger partial charge is 0.311 e. The Morgan fingerprint density at radius 1 is 1.18 bits per heavy atom. The van der Waals surface area contributed by atoms with Crippen LogP contribution < -0.4 is 5.73 Å². The molecule has 22 heavy (non-hydrogen) atoms. The van der Waals surface area contributed by atoms with E-state index in [1.807, 2.05) is 13.8 Å². The highest BCUT2D eigenvalue weighted by Gasteiger charge is 2.48. The lowest BCUT2D eigenvalue weighted by atomic mass is 9.76. The third-order valence-electron chi connectivity index (χ3n) is 4.54. The second-order valence-electron chi connectivity index (χ2n) is 6.03. The lowest BCUT2D eigenvalue weighted by Gasteiger charge is -2.28. The molecule has 1 saturated heterocycles. The predicted molar refractivity (Wildman–Crippen MR) is 80.4 cm³/mol. The number of nitrogens with two attached hydrogens (primary N) is 1. The third-order valence-corrected chi connectivity index (χ3v) is 4.54. The topological polar surface area (TPSA) is 101 Å². The van der Waals surface area contributed by atoms with Crippen molar-refractivity contribution in [1.82, 2.24) is 4.90 Å². The number of likely N-dealkylation sites (tertiary alicyclic amines) is 1. The molecule has 1 atom stereocenters. The molecule has 0 aliphatic carbocycles. The standard InChI is InChI=1S/C16H20N2O4/c1-10(2)16(15(21)22)7-8-18(9-16)14(20)12-5-3-11(4-6-12)13(17)19/h3-6,10H,7-9H2,1-2H3,(H2,17,19)(H,21,22). The van der Waals surface area contributed by atoms with Crippen molar-refractivity contribution in [3.8, 4) is 0 Å². The molecule has 0 aromatic heterocycles. The number of hydrogen-bond donors (Lipinski definition) is 2. The zero-order valence-corrected chi connectivity index (χ0v) is 12.7. The molecule has 0 saturated carbocycles. The van der Waals surface area contributed by atoms with Crippen LogP contribution >= 0.6 is 0 Å². The minimum Gasteiger partial charge on any atom is -0.481 e. The number of amides is 2. The number of aliphatic carboxylic acids is 1. The Kier molecular flexibility index (Phi) is 4.21. The average molecular weight is 304 g/mol. The predicted octanol–water partition coefficient (Wildman–Crippen LogP) is 1.36. The highest BCUT2D eigenvalue weighted by atomic mass is 16.4. The highest BCUT2D eigenvalue weighted by Crippen LogP contribution is 2.38. The fraction of sp³-hybridized carbons (Fsp3) is 0.438. The summed E-state index contributed by atoms with van der Waals surface area (Å²) < 4.78 is 0. The molecule has 0 spiro atoms. The van der Waals surface area contributed by atoms with Crippen molar-refractivity contribution in [3.05, 3.63) is 35.4 Å². The number of carbonyl (C=O) groups is 3. The van der Waals surface area contributed by atoms with Crippen LogP contribution in [0.5, 0.6) is 0 Å². The summed E-state index contributed by atoms with van der Waals surface area (Å²) >= 11 is 0. The molecule has 0 radical (unpaired) electrons. The summed E-state index contributed by atoms with van der Waals surface area (Å²) in [6.07, 6.45) is 0.450. The average Bonchev–Trinajstić information content (AvgIpc) is 2.93. The molecule has 6 heteroatoms. The lowest BCUT2D eigenvalue weighted by molar-refractivity contribution is -0.150. The lowest BCUT2D eigenvalue weighted by Crippen LogP contribution is -2.40. The molecular formula is C16H20N2O4. The fourth-order valence-corrected chi connectivity index (χ4v) is 2.86. The summed E-state index contributed by atoms with van der Waals surface area (Å²) in [4.78, 5) is 36.7. The Morgan fingerprint density at radius 3 is 2.14 bits per heavy atom. The molecule has 3 N–H and O–H groups in total. The first-order chi connectivity index (χ1) is 10.3. The fourth-order valence-electron chi connectivity index (χ4n) is 2.86. The van der Waals surface area contributed by atoms with Crippen LogP contribution in [0, 0.1) is 11.3 Å². The zero-order chi connectivity index (χ0) is 16.5. The summed E-state index contributed by atoms with van der Waals surface area (Å²) in [7, 11) is 0. The van der Waals surface area contributed by atoms with Crippen LogP contribution in [0.3, 0.4) is 0 Å². The van der Waals surface area contributed by atoms with Crippen LogP contribution in [0.2, 0.25) is 0 Å². The van der Waals surface area contributed by atoms with Crippen molar-refractivity contribution in [1.29, 1.82) is 0 Å². The van der Waals surface area contributed by atoms with Crippen LogP contribution in [0.4, 0.5) is 0 Å². The molecule has 1 heterocycles. The molecule has 1 aromatic carbocycles. The van der Waals surface area contributed by atoms with E-state index in [1.54, 1.807) is 17.0 Å². The van der Waals surface area contributed by atoms with Crippen molar-refractivity contribution in [2.24, 2.45) is 17.1 Å². The first kappa shape index (κ1) is 16.0. The van der Waals surface area contributed by atoms with E-state index in [-0.39, 0.29) is 18.4 Å². The van der Waals surface area contributed by atoms with E-state index in [1.165, 1.54) is 12.1 Å². The van der Waals surface area contributed by atoms with Gasteiger partial charge < -0.3 is 15.7 Å². The number of carbonyl (C=O) groups excluding carboxylic acids is 2. The van der Waals surface area contributed by atoms with Gasteiger partial charge >= 0.3 is 5.97 Å². The van der Waals surface area contributed by atoms with Gasteiger partial charge in [-0.1, -0.05) is 13.8 Å². The van der Waals surface area contributed by atoms with E-state index >= 15 is 0 Å². The molecule has 1 aliphatic heterocycles. The summed E-state index contributed by atoms with van der Waals surface area (Å²) in [5.74, 6) is -1.69. The van der Waals surface area contributed by atoms with Crippen molar-refractivity contribution in [2.75, 3.05) is 13.1 Å². The number of benzene rings is 1. The Labute approximate surface area is 128 Å². The molecule has 1 aliphatic rings. The van der Waals surface area contributed by atoms with E-state index in [0.717, 1.165) is 0 Å². The van der Waals surface area contributed by atoms with Gasteiger partial charge in [0.25, 0.3) is 5.91 Å². The van der Waals surface area contributed by atoms with E-state index in [0.29, 0.717) is 24.1 Å². The van der Waals surface area contributed by atoms with Gasteiger partial charge in [-0.3, -0.25) is 14.4 Å². The Hall–Kier alpha value is -2.37. The number of carboxylic acid groups (broad SMARTS) is 1. The minimum atomic E-state index is -0.886. The van der Waals surface area contributed by atoms with Crippen molar-refractivity contribution in [2.45, 2.75) is 20.3 Å². The van der Waals surface area contributed by atoms with Gasteiger partial charge in [0.1, 0.15) is 0 Å². The molecule has 0 bridgehead atoms. The first-order valence-corrected chi connectivity index (χ1v) is 7.20. The highest BCUT2D eigenvalue weighted by molar-refractivity contribution is 5.97. The van der Waals surface area contributed by atoms with E-state index in [4.69, 9.17) is 5.73 Å². The quantitative estimate of drug-likeness (QED) is 0.877. The molecule has 1 aromatic rings. The molecule has 1 unspecified atom stereocenters. The largest absolute Gasteiger partial charge is 0.481 e. The summed E-state index contributed by atoms with van der Waals surface area (Å²) in [5, 5.41) is 9.51. The summed E-state index contributed by atoms with van der Waals surface area (Å²) in [6, 6.07) is 6.08. The first-order valence-electron chi connectivity index (χ1n) is 7.20. The monoisotopic (exact) mass is 304 g/mol. The number of hydrogen-bond acceptors (Lipinski definition) is 3. The minimum absolute atomic E-state index is 0.0555. The van der Waals surface area contributed by atoms with Gasteiger partial charge in [0.2, 0.25) is 5.91 Å². The molecule has 2 rings (SSSR count). The van der Waals surface area contributed by atoms with E-state index in [2.05, 4.69) is 0 Å². The van der Waals surface area contributed by atoms with Gasteiger partial charge in [0, 0.05) is 24.2 Å². The van der Waals surface area contributed by atoms with Gasteiger partial charge in [-0.15, -0.1) is 0 Å². The maximum absolute atomic E-state index is 12.5. The molecular weight excluding hydrogens is 284 g/mol. The van der Waals surface area contributed by atoms with E-state index in [9.17, 15) is 19.5 Å². The Morgan fingerprint density at radius 2 is 1.73 bits per heavy atom.